The molecule has 3 rings (SSSR count). The fraction of sp³-hybridized carbons (Fsp3) is 0.917. The number of rotatable bonds is 2. The van der Waals surface area contributed by atoms with Gasteiger partial charge in [-0.3, -0.25) is 4.79 Å². The van der Waals surface area contributed by atoms with E-state index in [1.165, 1.54) is 25.7 Å². The Bertz CT molecular complexity index is 271. The summed E-state index contributed by atoms with van der Waals surface area (Å²) in [7, 11) is 0. The Labute approximate surface area is 99.5 Å². The summed E-state index contributed by atoms with van der Waals surface area (Å²) in [6.45, 7) is 2.00. The molecule has 2 aliphatic carbocycles. The predicted molar refractivity (Wildman–Crippen MR) is 62.8 cm³/mol. The molecule has 3 atom stereocenters. The lowest BCUT2D eigenvalue weighted by atomic mass is 10.0. The van der Waals surface area contributed by atoms with Gasteiger partial charge >= 0.3 is 0 Å². The van der Waals surface area contributed by atoms with Crippen molar-refractivity contribution >= 4 is 21.8 Å². The van der Waals surface area contributed by atoms with Crippen molar-refractivity contribution in [2.24, 2.45) is 23.7 Å². The van der Waals surface area contributed by atoms with Gasteiger partial charge in [-0.25, -0.2) is 0 Å². The lowest BCUT2D eigenvalue weighted by Crippen LogP contribution is -2.34. The molecule has 3 unspecified atom stereocenters. The summed E-state index contributed by atoms with van der Waals surface area (Å²) in [5.74, 6) is 3.40. The Morgan fingerprint density at radius 3 is 2.60 bits per heavy atom. The maximum Gasteiger partial charge on any atom is 0.225 e. The van der Waals surface area contributed by atoms with Crippen LogP contribution in [0.3, 0.4) is 0 Å². The SMILES string of the molecule is O=C(C1CC2CC2C1)N1CCC(CBr)C1. The average molecular weight is 272 g/mol. The molecule has 84 valence electrons. The molecule has 3 aliphatic rings. The quantitative estimate of drug-likeness (QED) is 0.706. The van der Waals surface area contributed by atoms with E-state index in [1.807, 2.05) is 0 Å². The largest absolute Gasteiger partial charge is 0.342 e. The van der Waals surface area contributed by atoms with Crippen LogP contribution in [0.2, 0.25) is 0 Å². The van der Waals surface area contributed by atoms with Gasteiger partial charge in [0.1, 0.15) is 0 Å². The summed E-state index contributed by atoms with van der Waals surface area (Å²) < 4.78 is 0. The summed E-state index contributed by atoms with van der Waals surface area (Å²) in [4.78, 5) is 14.3. The summed E-state index contributed by atoms with van der Waals surface area (Å²) >= 11 is 3.51. The van der Waals surface area contributed by atoms with Crippen molar-refractivity contribution in [3.63, 3.8) is 0 Å². The van der Waals surface area contributed by atoms with Crippen molar-refractivity contribution in [2.45, 2.75) is 25.7 Å². The van der Waals surface area contributed by atoms with Crippen LogP contribution in [-0.2, 0) is 4.79 Å². The Morgan fingerprint density at radius 2 is 2.00 bits per heavy atom. The van der Waals surface area contributed by atoms with E-state index in [9.17, 15) is 4.79 Å². The van der Waals surface area contributed by atoms with Crippen molar-refractivity contribution < 1.29 is 4.79 Å². The van der Waals surface area contributed by atoms with E-state index in [4.69, 9.17) is 0 Å². The van der Waals surface area contributed by atoms with Crippen LogP contribution in [0, 0.1) is 23.7 Å². The van der Waals surface area contributed by atoms with Gasteiger partial charge in [0, 0.05) is 24.3 Å². The lowest BCUT2D eigenvalue weighted by molar-refractivity contribution is -0.134. The van der Waals surface area contributed by atoms with Crippen LogP contribution in [-0.4, -0.2) is 29.2 Å². The maximum atomic E-state index is 12.2. The molecule has 0 N–H and O–H groups in total. The predicted octanol–water partition coefficient (Wildman–Crippen LogP) is 2.28. The third-order valence-electron chi connectivity index (χ3n) is 4.41. The number of alkyl halides is 1. The van der Waals surface area contributed by atoms with E-state index in [0.29, 0.717) is 17.7 Å². The van der Waals surface area contributed by atoms with Gasteiger partial charge in [0.2, 0.25) is 5.91 Å². The molecule has 15 heavy (non-hydrogen) atoms. The van der Waals surface area contributed by atoms with E-state index in [2.05, 4.69) is 20.8 Å². The minimum atomic E-state index is 0.392. The van der Waals surface area contributed by atoms with Crippen molar-refractivity contribution in [1.82, 2.24) is 4.90 Å². The first-order valence-electron chi connectivity index (χ1n) is 6.12. The number of hydrogen-bond donors (Lipinski definition) is 0. The molecular formula is C12H18BrNO. The van der Waals surface area contributed by atoms with Crippen LogP contribution in [0.5, 0.6) is 0 Å². The minimum absolute atomic E-state index is 0.392. The summed E-state index contributed by atoms with van der Waals surface area (Å²) in [6.07, 6.45) is 4.99. The number of nitrogens with zero attached hydrogens (tertiary/aromatic N) is 1. The smallest absolute Gasteiger partial charge is 0.225 e. The van der Waals surface area contributed by atoms with Crippen LogP contribution in [0.1, 0.15) is 25.7 Å². The van der Waals surface area contributed by atoms with Crippen molar-refractivity contribution in [3.05, 3.63) is 0 Å². The van der Waals surface area contributed by atoms with Crippen LogP contribution in [0.15, 0.2) is 0 Å². The summed E-state index contributed by atoms with van der Waals surface area (Å²) in [6, 6.07) is 0. The summed E-state index contributed by atoms with van der Waals surface area (Å²) in [5, 5.41) is 1.05. The highest BCUT2D eigenvalue weighted by Crippen LogP contribution is 2.54. The van der Waals surface area contributed by atoms with E-state index in [1.54, 1.807) is 0 Å². The molecule has 2 nitrogen and oxygen atoms in total. The third-order valence-corrected chi connectivity index (χ3v) is 5.32. The maximum absolute atomic E-state index is 12.2. The zero-order valence-corrected chi connectivity index (χ0v) is 10.6. The molecule has 1 heterocycles. The summed E-state index contributed by atoms with van der Waals surface area (Å²) in [5.41, 5.74) is 0. The first kappa shape index (κ1) is 10.1. The normalized spacial score (nSPS) is 43.1. The van der Waals surface area contributed by atoms with Gasteiger partial charge in [-0.05, 0) is 43.4 Å². The third kappa shape index (κ3) is 1.83. The van der Waals surface area contributed by atoms with E-state index in [0.717, 1.165) is 30.3 Å². The number of hydrogen-bond acceptors (Lipinski definition) is 1. The number of fused-ring (bicyclic) bond motifs is 1. The molecule has 1 amide bonds. The van der Waals surface area contributed by atoms with Crippen molar-refractivity contribution in [3.8, 4) is 0 Å². The van der Waals surface area contributed by atoms with Gasteiger partial charge in [0.25, 0.3) is 0 Å². The zero-order valence-electron chi connectivity index (χ0n) is 8.99. The number of carbonyl (C=O) groups is 1. The van der Waals surface area contributed by atoms with E-state index >= 15 is 0 Å². The average Bonchev–Trinajstić information content (AvgIpc) is 2.73. The molecule has 0 aromatic rings. The second-order valence-corrected chi connectivity index (χ2v) is 6.16. The van der Waals surface area contributed by atoms with Crippen LogP contribution in [0.25, 0.3) is 0 Å². The Morgan fingerprint density at radius 1 is 1.27 bits per heavy atom. The van der Waals surface area contributed by atoms with Gasteiger partial charge in [0.05, 0.1) is 0 Å². The number of carbonyl (C=O) groups excluding carboxylic acids is 1. The molecule has 1 saturated heterocycles. The number of likely N-dealkylation sites (tertiary alicyclic amines) is 1. The van der Waals surface area contributed by atoms with Crippen LogP contribution in [0.4, 0.5) is 0 Å². The first-order valence-corrected chi connectivity index (χ1v) is 7.25. The Kier molecular flexibility index (Phi) is 2.54. The highest BCUT2D eigenvalue weighted by molar-refractivity contribution is 9.09. The fourth-order valence-corrected chi connectivity index (χ4v) is 3.86. The van der Waals surface area contributed by atoms with Gasteiger partial charge < -0.3 is 4.90 Å². The second kappa shape index (κ2) is 3.76. The first-order chi connectivity index (χ1) is 7.28. The fourth-order valence-electron chi connectivity index (χ4n) is 3.33. The highest BCUT2D eigenvalue weighted by atomic mass is 79.9. The van der Waals surface area contributed by atoms with Crippen LogP contribution < -0.4 is 0 Å². The van der Waals surface area contributed by atoms with Crippen molar-refractivity contribution in [1.29, 1.82) is 0 Å². The number of halogens is 1. The van der Waals surface area contributed by atoms with Gasteiger partial charge in [-0.15, -0.1) is 0 Å². The van der Waals surface area contributed by atoms with Crippen LogP contribution >= 0.6 is 15.9 Å². The monoisotopic (exact) mass is 271 g/mol. The lowest BCUT2D eigenvalue weighted by Gasteiger charge is -2.21. The van der Waals surface area contributed by atoms with Gasteiger partial charge in [-0.1, -0.05) is 15.9 Å². The topological polar surface area (TPSA) is 20.3 Å². The zero-order chi connectivity index (χ0) is 10.4. The van der Waals surface area contributed by atoms with Gasteiger partial charge in [0.15, 0.2) is 0 Å². The molecule has 3 fully saturated rings. The molecule has 0 bridgehead atoms. The second-order valence-electron chi connectivity index (χ2n) is 5.52. The van der Waals surface area contributed by atoms with E-state index in [-0.39, 0.29) is 0 Å². The Hall–Kier alpha value is -0.0500. The minimum Gasteiger partial charge on any atom is -0.342 e. The van der Waals surface area contributed by atoms with Gasteiger partial charge in [-0.2, -0.15) is 0 Å². The standard InChI is InChI=1S/C12H18BrNO/c13-6-8-1-2-14(7-8)12(15)11-4-9-3-10(9)5-11/h8-11H,1-7H2. The van der Waals surface area contributed by atoms with E-state index < -0.39 is 0 Å². The molecule has 0 radical (unpaired) electrons. The molecule has 0 aromatic carbocycles. The number of amides is 1. The molecule has 3 heteroatoms. The van der Waals surface area contributed by atoms with Crippen molar-refractivity contribution in [2.75, 3.05) is 18.4 Å². The molecule has 0 aromatic heterocycles. The molecule has 2 saturated carbocycles. The molecular weight excluding hydrogens is 254 g/mol. The highest BCUT2D eigenvalue weighted by Gasteiger charge is 2.49. The molecule has 0 spiro atoms. The molecule has 1 aliphatic heterocycles. The Balaban J connectivity index is 1.56.